The molecule has 10 heteroatoms. The molecule has 0 saturated carbocycles. The molecule has 0 fully saturated rings. The minimum absolute atomic E-state index is 0.198. The fourth-order valence-corrected chi connectivity index (χ4v) is 3.19. The van der Waals surface area contributed by atoms with Gasteiger partial charge in [-0.25, -0.2) is 4.98 Å². The molecule has 1 unspecified atom stereocenters. The van der Waals surface area contributed by atoms with Crippen molar-refractivity contribution in [2.24, 2.45) is 0 Å². The number of amides is 2. The standard InChI is InChI=1S/C18H24N6O4/c1-10-8-14(21-17(27)16(26)19-11(2)9-28-3)24(23-10)18-20-13-7-5-4-6-12(13)15(25)22-18/h8,11H,4-7,9H2,1-3H3,(H,19,26)(H,21,27)(H,20,22,25). The molecule has 1 atom stereocenters. The lowest BCUT2D eigenvalue weighted by Gasteiger charge is -2.15. The number of aromatic amines is 1. The van der Waals surface area contributed by atoms with Gasteiger partial charge in [0.1, 0.15) is 5.82 Å². The molecule has 1 aliphatic rings. The number of nitrogens with zero attached hydrogens (tertiary/aromatic N) is 3. The van der Waals surface area contributed by atoms with Crippen molar-refractivity contribution in [3.05, 3.63) is 33.4 Å². The van der Waals surface area contributed by atoms with Gasteiger partial charge in [-0.1, -0.05) is 0 Å². The van der Waals surface area contributed by atoms with Crippen molar-refractivity contribution in [2.75, 3.05) is 19.0 Å². The van der Waals surface area contributed by atoms with Crippen LogP contribution in [0.2, 0.25) is 0 Å². The molecule has 2 aromatic heterocycles. The Morgan fingerprint density at radius 2 is 2.07 bits per heavy atom. The number of H-pyrrole nitrogens is 1. The third-order valence-electron chi connectivity index (χ3n) is 4.45. The van der Waals surface area contributed by atoms with Crippen LogP contribution in [0.15, 0.2) is 10.9 Å². The van der Waals surface area contributed by atoms with Crippen LogP contribution in [0, 0.1) is 6.92 Å². The lowest BCUT2D eigenvalue weighted by Crippen LogP contribution is -2.42. The average molecular weight is 388 g/mol. The van der Waals surface area contributed by atoms with E-state index in [1.54, 1.807) is 19.9 Å². The second-order valence-corrected chi connectivity index (χ2v) is 6.89. The van der Waals surface area contributed by atoms with Crippen LogP contribution < -0.4 is 16.2 Å². The first-order valence-electron chi connectivity index (χ1n) is 9.19. The van der Waals surface area contributed by atoms with Crippen molar-refractivity contribution in [2.45, 2.75) is 45.6 Å². The summed E-state index contributed by atoms with van der Waals surface area (Å²) in [6.45, 7) is 3.75. The summed E-state index contributed by atoms with van der Waals surface area (Å²) in [6.07, 6.45) is 3.38. The molecule has 2 amide bonds. The van der Waals surface area contributed by atoms with Crippen molar-refractivity contribution in [1.29, 1.82) is 0 Å². The van der Waals surface area contributed by atoms with Gasteiger partial charge in [-0.3, -0.25) is 19.4 Å². The lowest BCUT2D eigenvalue weighted by atomic mass is 9.97. The Labute approximate surface area is 161 Å². The van der Waals surface area contributed by atoms with Crippen LogP contribution in [0.5, 0.6) is 0 Å². The highest BCUT2D eigenvalue weighted by Crippen LogP contribution is 2.19. The molecule has 0 radical (unpaired) electrons. The van der Waals surface area contributed by atoms with Gasteiger partial charge in [0.25, 0.3) is 5.56 Å². The smallest absolute Gasteiger partial charge is 0.314 e. The summed E-state index contributed by atoms with van der Waals surface area (Å²) in [6, 6.07) is 1.29. The number of carbonyl (C=O) groups is 2. The van der Waals surface area contributed by atoms with Crippen molar-refractivity contribution >= 4 is 17.6 Å². The Balaban J connectivity index is 1.84. The molecule has 10 nitrogen and oxygen atoms in total. The van der Waals surface area contributed by atoms with Gasteiger partial charge in [0.2, 0.25) is 5.95 Å². The molecule has 28 heavy (non-hydrogen) atoms. The number of fused-ring (bicyclic) bond motifs is 1. The zero-order valence-electron chi connectivity index (χ0n) is 16.2. The first kappa shape index (κ1) is 19.7. The van der Waals surface area contributed by atoms with E-state index >= 15 is 0 Å². The predicted octanol–water partition coefficient (Wildman–Crippen LogP) is 0.232. The summed E-state index contributed by atoms with van der Waals surface area (Å²) in [7, 11) is 1.51. The van der Waals surface area contributed by atoms with Crippen molar-refractivity contribution < 1.29 is 14.3 Å². The van der Waals surface area contributed by atoms with E-state index in [4.69, 9.17) is 4.74 Å². The zero-order chi connectivity index (χ0) is 20.3. The van der Waals surface area contributed by atoms with Gasteiger partial charge in [0, 0.05) is 24.8 Å². The first-order chi connectivity index (χ1) is 13.4. The number of nitrogens with one attached hydrogen (secondary N) is 3. The van der Waals surface area contributed by atoms with Crippen LogP contribution in [0.1, 0.15) is 36.7 Å². The molecule has 0 spiro atoms. The Morgan fingerprint density at radius 3 is 2.82 bits per heavy atom. The molecule has 2 aromatic rings. The van der Waals surface area contributed by atoms with Crippen LogP contribution in [0.4, 0.5) is 5.82 Å². The number of methoxy groups -OCH3 is 1. The normalized spacial score (nSPS) is 14.2. The summed E-state index contributed by atoms with van der Waals surface area (Å²) in [4.78, 5) is 43.9. The number of anilines is 1. The third-order valence-corrected chi connectivity index (χ3v) is 4.45. The third kappa shape index (κ3) is 4.28. The summed E-state index contributed by atoms with van der Waals surface area (Å²) in [5.41, 5.74) is 1.86. The molecule has 2 heterocycles. The number of rotatable bonds is 5. The topological polar surface area (TPSA) is 131 Å². The number of aromatic nitrogens is 4. The second-order valence-electron chi connectivity index (χ2n) is 6.89. The fourth-order valence-electron chi connectivity index (χ4n) is 3.19. The fraction of sp³-hybridized carbons (Fsp3) is 0.500. The van der Waals surface area contributed by atoms with Crippen molar-refractivity contribution in [1.82, 2.24) is 25.1 Å². The maximum atomic E-state index is 12.4. The van der Waals surface area contributed by atoms with Gasteiger partial charge in [-0.15, -0.1) is 0 Å². The van der Waals surface area contributed by atoms with E-state index < -0.39 is 11.8 Å². The van der Waals surface area contributed by atoms with E-state index in [0.717, 1.165) is 25.0 Å². The molecular formula is C18H24N6O4. The van der Waals surface area contributed by atoms with Crippen LogP contribution in [-0.2, 0) is 27.2 Å². The van der Waals surface area contributed by atoms with E-state index in [9.17, 15) is 14.4 Å². The first-order valence-corrected chi connectivity index (χ1v) is 9.19. The molecule has 3 rings (SSSR count). The SMILES string of the molecule is COCC(C)NC(=O)C(=O)Nc1cc(C)nn1-c1nc2c(c(=O)[nH]1)CCCC2. The Hall–Kier alpha value is -3.01. The average Bonchev–Trinajstić information content (AvgIpc) is 3.02. The van der Waals surface area contributed by atoms with Crippen LogP contribution in [-0.4, -0.2) is 51.3 Å². The lowest BCUT2D eigenvalue weighted by molar-refractivity contribution is -0.136. The number of ether oxygens (including phenoxy) is 1. The number of hydrogen-bond acceptors (Lipinski definition) is 6. The van der Waals surface area contributed by atoms with Gasteiger partial charge in [0.05, 0.1) is 18.0 Å². The molecule has 3 N–H and O–H groups in total. The maximum Gasteiger partial charge on any atom is 0.314 e. The van der Waals surface area contributed by atoms with Gasteiger partial charge in [-0.05, 0) is 39.5 Å². The molecule has 0 aliphatic heterocycles. The van der Waals surface area contributed by atoms with E-state index in [-0.39, 0.29) is 30.0 Å². The second kappa shape index (κ2) is 8.34. The maximum absolute atomic E-state index is 12.4. The summed E-state index contributed by atoms with van der Waals surface area (Å²) < 4.78 is 6.27. The van der Waals surface area contributed by atoms with Gasteiger partial charge in [0.15, 0.2) is 0 Å². The van der Waals surface area contributed by atoms with E-state index in [0.29, 0.717) is 17.7 Å². The molecule has 150 valence electrons. The molecule has 1 aliphatic carbocycles. The monoisotopic (exact) mass is 388 g/mol. The van der Waals surface area contributed by atoms with Crippen LogP contribution >= 0.6 is 0 Å². The molecular weight excluding hydrogens is 364 g/mol. The van der Waals surface area contributed by atoms with E-state index in [2.05, 4.69) is 25.7 Å². The number of hydrogen-bond donors (Lipinski definition) is 3. The Morgan fingerprint density at radius 1 is 1.32 bits per heavy atom. The summed E-state index contributed by atoms with van der Waals surface area (Å²) >= 11 is 0. The quantitative estimate of drug-likeness (QED) is 0.629. The zero-order valence-corrected chi connectivity index (χ0v) is 16.2. The van der Waals surface area contributed by atoms with Crippen LogP contribution in [0.3, 0.4) is 0 Å². The Kier molecular flexibility index (Phi) is 5.88. The number of carbonyl (C=O) groups excluding carboxylic acids is 2. The van der Waals surface area contributed by atoms with E-state index in [1.807, 2.05) is 0 Å². The van der Waals surface area contributed by atoms with Gasteiger partial charge in [-0.2, -0.15) is 9.78 Å². The van der Waals surface area contributed by atoms with Crippen LogP contribution in [0.25, 0.3) is 5.95 Å². The number of aryl methyl sites for hydroxylation is 2. The van der Waals surface area contributed by atoms with Crippen molar-refractivity contribution in [3.8, 4) is 5.95 Å². The summed E-state index contributed by atoms with van der Waals surface area (Å²) in [5.74, 6) is -1.18. The minimum Gasteiger partial charge on any atom is -0.383 e. The molecule has 0 bridgehead atoms. The minimum atomic E-state index is -0.843. The molecule has 0 aromatic carbocycles. The predicted molar refractivity (Wildman–Crippen MR) is 101 cm³/mol. The Bertz CT molecular complexity index is 948. The molecule has 0 saturated heterocycles. The van der Waals surface area contributed by atoms with Crippen molar-refractivity contribution in [3.63, 3.8) is 0 Å². The van der Waals surface area contributed by atoms with Gasteiger partial charge < -0.3 is 15.4 Å². The van der Waals surface area contributed by atoms with E-state index in [1.165, 1.54) is 11.8 Å². The highest BCUT2D eigenvalue weighted by molar-refractivity contribution is 6.39. The largest absolute Gasteiger partial charge is 0.383 e. The highest BCUT2D eigenvalue weighted by Gasteiger charge is 2.21. The summed E-state index contributed by atoms with van der Waals surface area (Å²) in [5, 5.41) is 9.35. The van der Waals surface area contributed by atoms with Gasteiger partial charge >= 0.3 is 11.8 Å². The highest BCUT2D eigenvalue weighted by atomic mass is 16.5.